The zero-order valence-electron chi connectivity index (χ0n) is 30.4. The maximum Gasteiger partial charge on any atom is 0.164 e. The fraction of sp³-hybridized carbons (Fsp3) is 0.0192. The molecule has 0 saturated heterocycles. The van der Waals surface area contributed by atoms with Crippen LogP contribution < -0.4 is 4.90 Å². The molecule has 11 rings (SSSR count). The van der Waals surface area contributed by atoms with Gasteiger partial charge in [0.2, 0.25) is 0 Å². The monoisotopic (exact) mass is 714 g/mol. The van der Waals surface area contributed by atoms with Gasteiger partial charge in [-0.1, -0.05) is 176 Å². The van der Waals surface area contributed by atoms with Crippen LogP contribution in [-0.2, 0) is 5.41 Å². The first-order valence-electron chi connectivity index (χ1n) is 19.0. The minimum atomic E-state index is -0.525. The van der Waals surface area contributed by atoms with E-state index in [0.29, 0.717) is 17.5 Å². The number of nitrogens with zero attached hydrogens (tertiary/aromatic N) is 4. The Morgan fingerprint density at radius 3 is 1.34 bits per heavy atom. The topological polar surface area (TPSA) is 41.9 Å². The molecule has 4 heteroatoms. The summed E-state index contributed by atoms with van der Waals surface area (Å²) < 4.78 is 0. The number of aromatic nitrogens is 3. The second kappa shape index (κ2) is 12.9. The molecule has 0 fully saturated rings. The van der Waals surface area contributed by atoms with Crippen molar-refractivity contribution in [3.05, 3.63) is 229 Å². The van der Waals surface area contributed by atoms with Crippen molar-refractivity contribution in [1.82, 2.24) is 15.0 Å². The summed E-state index contributed by atoms with van der Waals surface area (Å²) >= 11 is 0. The molecule has 2 aliphatic rings. The van der Waals surface area contributed by atoms with Gasteiger partial charge in [0.25, 0.3) is 0 Å². The second-order valence-electron chi connectivity index (χ2n) is 14.4. The van der Waals surface area contributed by atoms with Crippen molar-refractivity contribution in [1.29, 1.82) is 0 Å². The molecule has 0 N–H and O–H groups in total. The Morgan fingerprint density at radius 1 is 0.304 bits per heavy atom. The highest BCUT2D eigenvalue weighted by Gasteiger charge is 2.51. The predicted octanol–water partition coefficient (Wildman–Crippen LogP) is 12.7. The Balaban J connectivity index is 1.11. The van der Waals surface area contributed by atoms with Gasteiger partial charge in [0.1, 0.15) is 0 Å². The van der Waals surface area contributed by atoms with Crippen molar-refractivity contribution in [2.75, 3.05) is 4.90 Å². The third-order valence-electron chi connectivity index (χ3n) is 11.3. The third-order valence-corrected chi connectivity index (χ3v) is 11.3. The molecular weight excluding hydrogens is 681 g/mol. The van der Waals surface area contributed by atoms with Gasteiger partial charge in [0.15, 0.2) is 17.5 Å². The Kier molecular flexibility index (Phi) is 7.36. The van der Waals surface area contributed by atoms with Gasteiger partial charge in [-0.05, 0) is 74.8 Å². The molecule has 56 heavy (non-hydrogen) atoms. The molecule has 1 spiro atoms. The first kappa shape index (κ1) is 32.0. The number of rotatable bonds is 5. The van der Waals surface area contributed by atoms with E-state index in [-0.39, 0.29) is 0 Å². The minimum absolute atomic E-state index is 0.525. The molecule has 2 heterocycles. The molecule has 8 aromatic carbocycles. The van der Waals surface area contributed by atoms with Gasteiger partial charge in [-0.3, -0.25) is 0 Å². The Bertz CT molecular complexity index is 2860. The molecule has 262 valence electrons. The van der Waals surface area contributed by atoms with Crippen LogP contribution in [0.5, 0.6) is 0 Å². The molecule has 9 aromatic rings. The summed E-state index contributed by atoms with van der Waals surface area (Å²) in [5.41, 5.74) is 15.6. The van der Waals surface area contributed by atoms with Crippen molar-refractivity contribution in [2.45, 2.75) is 5.41 Å². The summed E-state index contributed by atoms with van der Waals surface area (Å²) in [6.45, 7) is 0. The van der Waals surface area contributed by atoms with Crippen LogP contribution in [0.2, 0.25) is 0 Å². The molecule has 0 saturated carbocycles. The highest BCUT2D eigenvalue weighted by atomic mass is 15.2. The third kappa shape index (κ3) is 4.89. The second-order valence-corrected chi connectivity index (χ2v) is 14.4. The Labute approximate surface area is 326 Å². The number of para-hydroxylation sites is 3. The molecule has 1 aliphatic heterocycles. The van der Waals surface area contributed by atoms with Gasteiger partial charge < -0.3 is 4.90 Å². The van der Waals surface area contributed by atoms with Crippen LogP contribution in [0.3, 0.4) is 0 Å². The number of hydrogen-bond donors (Lipinski definition) is 0. The van der Waals surface area contributed by atoms with Crippen molar-refractivity contribution >= 4 is 17.1 Å². The van der Waals surface area contributed by atoms with E-state index in [1.807, 2.05) is 24.3 Å². The lowest BCUT2D eigenvalue weighted by Gasteiger charge is -2.45. The highest BCUT2D eigenvalue weighted by Crippen LogP contribution is 2.63. The van der Waals surface area contributed by atoms with Crippen LogP contribution in [0, 0.1) is 0 Å². The molecule has 0 unspecified atom stereocenters. The van der Waals surface area contributed by atoms with Crippen LogP contribution in [-0.4, -0.2) is 15.0 Å². The number of fused-ring (bicyclic) bond motifs is 9. The average molecular weight is 715 g/mol. The van der Waals surface area contributed by atoms with Gasteiger partial charge >= 0.3 is 0 Å². The van der Waals surface area contributed by atoms with E-state index in [1.54, 1.807) is 0 Å². The smallest absolute Gasteiger partial charge is 0.164 e. The van der Waals surface area contributed by atoms with E-state index in [0.717, 1.165) is 27.9 Å². The predicted molar refractivity (Wildman–Crippen MR) is 227 cm³/mol. The van der Waals surface area contributed by atoms with E-state index in [9.17, 15) is 0 Å². The maximum absolute atomic E-state index is 5.17. The van der Waals surface area contributed by atoms with Crippen molar-refractivity contribution in [2.24, 2.45) is 0 Å². The average Bonchev–Trinajstić information content (AvgIpc) is 3.57. The molecule has 1 aromatic heterocycles. The summed E-state index contributed by atoms with van der Waals surface area (Å²) in [7, 11) is 0. The molecule has 0 atom stereocenters. The van der Waals surface area contributed by atoms with Crippen molar-refractivity contribution in [3.8, 4) is 56.4 Å². The highest BCUT2D eigenvalue weighted by molar-refractivity contribution is 5.96. The molecule has 0 amide bonds. The largest absolute Gasteiger partial charge is 0.310 e. The van der Waals surface area contributed by atoms with E-state index in [1.165, 1.54) is 50.3 Å². The summed E-state index contributed by atoms with van der Waals surface area (Å²) in [5, 5.41) is 0. The lowest BCUT2D eigenvalue weighted by atomic mass is 9.64. The van der Waals surface area contributed by atoms with Crippen LogP contribution in [0.15, 0.2) is 206 Å². The number of anilines is 3. The fourth-order valence-electron chi connectivity index (χ4n) is 8.90. The van der Waals surface area contributed by atoms with Crippen LogP contribution in [0.4, 0.5) is 17.1 Å². The zero-order valence-corrected chi connectivity index (χ0v) is 30.4. The van der Waals surface area contributed by atoms with E-state index in [4.69, 9.17) is 15.0 Å². The van der Waals surface area contributed by atoms with E-state index in [2.05, 4.69) is 187 Å². The standard InChI is InChI=1S/C52H34N4/c1-4-16-35(17-5-1)36-28-30-38(31-29-36)50-53-49(37-18-6-2-7-19-37)54-51(55-50)39-32-33-44-42(34-39)41-22-10-11-23-43(41)52(44)45-24-12-14-26-47(45)56(40-20-8-3-9-21-40)48-27-15-13-25-46(48)52/h1-34H. The quantitative estimate of drug-likeness (QED) is 0.178. The lowest BCUT2D eigenvalue weighted by Crippen LogP contribution is -2.36. The van der Waals surface area contributed by atoms with Gasteiger partial charge in [-0.15, -0.1) is 0 Å². The number of hydrogen-bond acceptors (Lipinski definition) is 4. The molecule has 0 radical (unpaired) electrons. The van der Waals surface area contributed by atoms with Crippen molar-refractivity contribution < 1.29 is 0 Å². The molecule has 0 bridgehead atoms. The normalized spacial score (nSPS) is 13.1. The summed E-state index contributed by atoms with van der Waals surface area (Å²) in [5.74, 6) is 1.93. The van der Waals surface area contributed by atoms with Crippen LogP contribution in [0.1, 0.15) is 22.3 Å². The molecule has 1 aliphatic carbocycles. The van der Waals surface area contributed by atoms with Gasteiger partial charge in [0.05, 0.1) is 16.8 Å². The van der Waals surface area contributed by atoms with Gasteiger partial charge in [0, 0.05) is 22.4 Å². The SMILES string of the molecule is c1ccc(-c2ccc(-c3nc(-c4ccccc4)nc(-c4ccc5c(c4)-c4ccccc4C54c5ccccc5N(c5ccccc5)c5ccccc54)n3)cc2)cc1. The maximum atomic E-state index is 5.17. The molecular formula is C52H34N4. The molecule has 4 nitrogen and oxygen atoms in total. The Morgan fingerprint density at radius 2 is 0.714 bits per heavy atom. The lowest BCUT2D eigenvalue weighted by molar-refractivity contribution is 0.752. The van der Waals surface area contributed by atoms with Gasteiger partial charge in [-0.25, -0.2) is 15.0 Å². The van der Waals surface area contributed by atoms with Crippen molar-refractivity contribution in [3.63, 3.8) is 0 Å². The minimum Gasteiger partial charge on any atom is -0.310 e. The number of benzene rings is 8. The summed E-state index contributed by atoms with van der Waals surface area (Å²) in [4.78, 5) is 17.8. The van der Waals surface area contributed by atoms with Crippen LogP contribution in [0.25, 0.3) is 56.4 Å². The first-order valence-corrected chi connectivity index (χ1v) is 19.0. The van der Waals surface area contributed by atoms with E-state index < -0.39 is 5.41 Å². The zero-order chi connectivity index (χ0) is 37.1. The Hall–Kier alpha value is -7.43. The van der Waals surface area contributed by atoms with Crippen LogP contribution >= 0.6 is 0 Å². The first-order chi connectivity index (χ1) is 27.8. The summed E-state index contributed by atoms with van der Waals surface area (Å²) in [6.07, 6.45) is 0. The van der Waals surface area contributed by atoms with Gasteiger partial charge in [-0.2, -0.15) is 0 Å². The van der Waals surface area contributed by atoms with E-state index >= 15 is 0 Å². The fourth-order valence-corrected chi connectivity index (χ4v) is 8.90. The summed E-state index contributed by atoms with van der Waals surface area (Å²) in [6, 6.07) is 73.3.